The van der Waals surface area contributed by atoms with Gasteiger partial charge in [-0.2, -0.15) is 0 Å². The van der Waals surface area contributed by atoms with Crippen LogP contribution in [0.3, 0.4) is 0 Å². The Morgan fingerprint density at radius 3 is 2.29 bits per heavy atom. The average molecular weight is 637 g/mol. The van der Waals surface area contributed by atoms with Gasteiger partial charge >= 0.3 is 0 Å². The summed E-state index contributed by atoms with van der Waals surface area (Å²) in [6.07, 6.45) is 1.90. The van der Waals surface area contributed by atoms with Gasteiger partial charge in [0.15, 0.2) is 0 Å². The summed E-state index contributed by atoms with van der Waals surface area (Å²) in [5.74, 6) is 0.527. The maximum Gasteiger partial charge on any atom is 0.230 e. The van der Waals surface area contributed by atoms with Crippen molar-refractivity contribution >= 4 is 22.0 Å². The van der Waals surface area contributed by atoms with Gasteiger partial charge in [-0.25, -0.2) is 4.98 Å². The second kappa shape index (κ2) is 9.13. The monoisotopic (exact) mass is 636 g/mol. The van der Waals surface area contributed by atoms with E-state index in [1.165, 1.54) is 5.56 Å². The summed E-state index contributed by atoms with van der Waals surface area (Å²) in [6, 6.07) is 29.1. The van der Waals surface area contributed by atoms with Gasteiger partial charge in [0.1, 0.15) is 11.3 Å². The molecule has 0 aliphatic rings. The number of fused-ring (bicyclic) bond motifs is 2. The van der Waals surface area contributed by atoms with E-state index in [0.29, 0.717) is 17.0 Å². The first-order chi connectivity index (χ1) is 16.6. The third-order valence-electron chi connectivity index (χ3n) is 5.99. The molecule has 4 nitrogen and oxygen atoms in total. The number of rotatable bonds is 3. The van der Waals surface area contributed by atoms with E-state index in [9.17, 15) is 5.11 Å². The minimum Gasteiger partial charge on any atom is -0.507 e. The third kappa shape index (κ3) is 4.15. The van der Waals surface area contributed by atoms with Crippen LogP contribution in [-0.4, -0.2) is 15.1 Å². The van der Waals surface area contributed by atoms with E-state index in [1.807, 2.05) is 42.6 Å². The molecule has 4 aromatic carbocycles. The predicted octanol–water partition coefficient (Wildman–Crippen LogP) is 7.50. The molecule has 1 N–H and O–H groups in total. The number of phenolic OH excluding ortho intramolecular Hbond substituents is 1. The molecule has 0 atom stereocenters. The van der Waals surface area contributed by atoms with Gasteiger partial charge in [0, 0.05) is 32.8 Å². The summed E-state index contributed by atoms with van der Waals surface area (Å²) in [6.45, 7) is 4.16. The summed E-state index contributed by atoms with van der Waals surface area (Å²) < 4.78 is 6.00. The largest absolute Gasteiger partial charge is 0.507 e. The van der Waals surface area contributed by atoms with Gasteiger partial charge in [0.05, 0.1) is 11.1 Å². The Bertz CT molecular complexity index is 1700. The van der Waals surface area contributed by atoms with E-state index in [0.717, 1.165) is 44.2 Å². The van der Waals surface area contributed by atoms with Crippen molar-refractivity contribution in [1.82, 2.24) is 9.97 Å². The summed E-state index contributed by atoms with van der Waals surface area (Å²) in [5.41, 5.74) is 9.11. The topological polar surface area (TPSA) is 59.2 Å². The molecular weight excluding hydrogens is 615 g/mol. The molecule has 2 aromatic heterocycles. The molecule has 0 fully saturated rings. The number of hydrogen-bond donors (Lipinski definition) is 1. The van der Waals surface area contributed by atoms with Crippen LogP contribution in [0.4, 0.5) is 0 Å². The van der Waals surface area contributed by atoms with E-state index >= 15 is 0 Å². The fourth-order valence-electron chi connectivity index (χ4n) is 4.43. The number of hydrogen-bond acceptors (Lipinski definition) is 4. The number of para-hydroxylation sites is 2. The molecule has 0 spiro atoms. The Labute approximate surface area is 217 Å². The predicted molar refractivity (Wildman–Crippen MR) is 136 cm³/mol. The van der Waals surface area contributed by atoms with Crippen molar-refractivity contribution in [3.05, 3.63) is 102 Å². The Morgan fingerprint density at radius 2 is 1.46 bits per heavy atom. The number of aromatic hydroxyl groups is 1. The van der Waals surface area contributed by atoms with Crippen molar-refractivity contribution in [1.29, 1.82) is 0 Å². The van der Waals surface area contributed by atoms with Gasteiger partial charge in [0.25, 0.3) is 0 Å². The molecule has 6 rings (SSSR count). The molecule has 5 heteroatoms. The van der Waals surface area contributed by atoms with Crippen molar-refractivity contribution < 1.29 is 30.6 Å². The summed E-state index contributed by atoms with van der Waals surface area (Å²) in [4.78, 5) is 9.46. The zero-order chi connectivity index (χ0) is 23.2. The first kappa shape index (κ1) is 23.0. The number of nitrogens with zero attached hydrogens (tertiary/aromatic N) is 2. The molecule has 0 unspecified atom stereocenters. The first-order valence-corrected chi connectivity index (χ1v) is 11.1. The van der Waals surface area contributed by atoms with Gasteiger partial charge in [-0.1, -0.05) is 53.1 Å². The van der Waals surface area contributed by atoms with Crippen LogP contribution in [0.2, 0.25) is 0 Å². The van der Waals surface area contributed by atoms with E-state index in [-0.39, 0.29) is 26.8 Å². The fraction of sp³-hybridized carbons (Fsp3) is 0.0667. The van der Waals surface area contributed by atoms with Crippen molar-refractivity contribution in [3.63, 3.8) is 0 Å². The molecule has 0 aliphatic carbocycles. The maximum absolute atomic E-state index is 10.3. The summed E-state index contributed by atoms with van der Waals surface area (Å²) in [5, 5.41) is 11.4. The number of aromatic nitrogens is 2. The quantitative estimate of drug-likeness (QED) is 0.205. The van der Waals surface area contributed by atoms with Gasteiger partial charge in [0.2, 0.25) is 5.89 Å². The Morgan fingerprint density at radius 1 is 0.743 bits per heavy atom. The molecule has 0 aliphatic heterocycles. The minimum absolute atomic E-state index is 0. The molecule has 6 aromatic rings. The number of benzene rings is 4. The number of aryl methyl sites for hydroxylation is 2. The smallest absolute Gasteiger partial charge is 0.230 e. The Hall–Kier alpha value is -3.75. The standard InChI is InChI=1S/C30H21N2O2.Pt/c1-18-13-22-14-19(2)17-31-28(22)25(15-18)21-8-5-7-20(16-21)23-10-6-12-27-29(23)32-30(34-27)24-9-3-4-11-26(24)33;/h3-15,17,33H,1-2H3;/q-1;. The van der Waals surface area contributed by atoms with E-state index < -0.39 is 0 Å². The number of pyridine rings is 1. The summed E-state index contributed by atoms with van der Waals surface area (Å²) >= 11 is 0. The van der Waals surface area contributed by atoms with Gasteiger partial charge in [-0.05, 0) is 49.1 Å². The fourth-order valence-corrected chi connectivity index (χ4v) is 4.43. The zero-order valence-corrected chi connectivity index (χ0v) is 21.4. The zero-order valence-electron chi connectivity index (χ0n) is 19.1. The first-order valence-electron chi connectivity index (χ1n) is 11.1. The van der Waals surface area contributed by atoms with Gasteiger partial charge < -0.3 is 9.52 Å². The number of phenols is 1. The van der Waals surface area contributed by atoms with Crippen LogP contribution in [-0.2, 0) is 21.1 Å². The van der Waals surface area contributed by atoms with Crippen LogP contribution in [0.25, 0.3) is 55.7 Å². The van der Waals surface area contributed by atoms with Crippen LogP contribution in [0.1, 0.15) is 11.1 Å². The normalized spacial score (nSPS) is 11.0. The van der Waals surface area contributed by atoms with E-state index in [2.05, 4.69) is 44.2 Å². The molecule has 35 heavy (non-hydrogen) atoms. The molecular formula is C30H21N2O2Pt-. The maximum atomic E-state index is 10.3. The molecule has 0 bridgehead atoms. The van der Waals surface area contributed by atoms with E-state index in [1.54, 1.807) is 18.2 Å². The second-order valence-corrected chi connectivity index (χ2v) is 8.56. The molecule has 0 amide bonds. The molecule has 0 saturated carbocycles. The number of oxazole rings is 1. The van der Waals surface area contributed by atoms with Crippen molar-refractivity contribution in [2.24, 2.45) is 0 Å². The Kier molecular flexibility index (Phi) is 6.00. The van der Waals surface area contributed by atoms with Gasteiger partial charge in [-0.15, -0.1) is 35.4 Å². The third-order valence-corrected chi connectivity index (χ3v) is 5.99. The molecule has 174 valence electrons. The van der Waals surface area contributed by atoms with Crippen LogP contribution < -0.4 is 0 Å². The van der Waals surface area contributed by atoms with Crippen LogP contribution >= 0.6 is 0 Å². The van der Waals surface area contributed by atoms with Crippen LogP contribution in [0.15, 0.2) is 89.5 Å². The molecule has 0 saturated heterocycles. The van der Waals surface area contributed by atoms with Crippen molar-refractivity contribution in [3.8, 4) is 39.5 Å². The Balaban J connectivity index is 0.00000253. The summed E-state index contributed by atoms with van der Waals surface area (Å²) in [7, 11) is 0. The minimum atomic E-state index is 0. The average Bonchev–Trinajstić information content (AvgIpc) is 3.28. The van der Waals surface area contributed by atoms with Crippen molar-refractivity contribution in [2.75, 3.05) is 0 Å². The van der Waals surface area contributed by atoms with E-state index in [4.69, 9.17) is 14.4 Å². The SMILES string of the molecule is Cc1cnc2c(-c3[c-]c(-c4cccc5oc(-c6ccccc6O)nc45)ccc3)cc(C)cc2c1.[Pt]. The van der Waals surface area contributed by atoms with Crippen LogP contribution in [0.5, 0.6) is 5.75 Å². The van der Waals surface area contributed by atoms with Crippen LogP contribution in [0, 0.1) is 19.9 Å². The van der Waals surface area contributed by atoms with Crippen molar-refractivity contribution in [2.45, 2.75) is 13.8 Å². The second-order valence-electron chi connectivity index (χ2n) is 8.56. The molecule has 0 radical (unpaired) electrons. The molecule has 2 heterocycles. The van der Waals surface area contributed by atoms with Gasteiger partial charge in [-0.3, -0.25) is 4.98 Å².